The second kappa shape index (κ2) is 8.41. The molecule has 9 nitrogen and oxygen atoms in total. The number of tetrazole rings is 1. The lowest BCUT2D eigenvalue weighted by Crippen LogP contribution is -2.13. The summed E-state index contributed by atoms with van der Waals surface area (Å²) >= 11 is 1.34. The minimum absolute atomic E-state index is 0.137. The van der Waals surface area contributed by atoms with E-state index in [-0.39, 0.29) is 23.7 Å². The molecule has 1 aromatic heterocycles. The fraction of sp³-hybridized carbons (Fsp3) is 0.176. The van der Waals surface area contributed by atoms with Crippen LogP contribution < -0.4 is 5.32 Å². The molecule has 0 saturated carbocycles. The maximum atomic E-state index is 12.1. The molecule has 0 aliphatic carbocycles. The average Bonchev–Trinajstić information content (AvgIpc) is 3.10. The number of carbonyl (C=O) groups is 1. The number of aryl methyl sites for hydroxylation is 1. The van der Waals surface area contributed by atoms with Crippen LogP contribution in [0.5, 0.6) is 0 Å². The van der Waals surface area contributed by atoms with Crippen molar-refractivity contribution in [1.29, 1.82) is 0 Å². The summed E-state index contributed by atoms with van der Waals surface area (Å²) in [5.74, 6) is 0.116. The molecular weight excluding hydrogens is 368 g/mol. The molecule has 1 amide bonds. The van der Waals surface area contributed by atoms with Crippen molar-refractivity contribution >= 4 is 29.0 Å². The first-order valence-electron chi connectivity index (χ1n) is 8.06. The quantitative estimate of drug-likeness (QED) is 0.378. The van der Waals surface area contributed by atoms with Gasteiger partial charge in [0, 0.05) is 18.2 Å². The Kier molecular flexibility index (Phi) is 5.77. The van der Waals surface area contributed by atoms with E-state index in [0.717, 1.165) is 11.3 Å². The van der Waals surface area contributed by atoms with Crippen LogP contribution in [-0.2, 0) is 4.79 Å². The van der Waals surface area contributed by atoms with Gasteiger partial charge in [-0.2, -0.15) is 4.68 Å². The van der Waals surface area contributed by atoms with E-state index in [1.807, 2.05) is 31.2 Å². The zero-order chi connectivity index (χ0) is 19.2. The van der Waals surface area contributed by atoms with E-state index in [1.165, 1.54) is 23.9 Å². The average molecular weight is 384 g/mol. The van der Waals surface area contributed by atoms with Crippen LogP contribution in [0.3, 0.4) is 0 Å². The molecule has 0 saturated heterocycles. The molecule has 0 radical (unpaired) electrons. The van der Waals surface area contributed by atoms with Crippen LogP contribution in [0.25, 0.3) is 5.69 Å². The first kappa shape index (κ1) is 18.5. The Bertz CT molecular complexity index is 975. The van der Waals surface area contributed by atoms with Gasteiger partial charge in [-0.05, 0) is 41.1 Å². The van der Waals surface area contributed by atoms with Gasteiger partial charge in [0.1, 0.15) is 5.69 Å². The number of nitro groups is 1. The highest BCUT2D eigenvalue weighted by atomic mass is 32.2. The van der Waals surface area contributed by atoms with Gasteiger partial charge in [-0.1, -0.05) is 36.0 Å². The number of benzene rings is 2. The molecule has 27 heavy (non-hydrogen) atoms. The fourth-order valence-electron chi connectivity index (χ4n) is 2.38. The summed E-state index contributed by atoms with van der Waals surface area (Å²) in [7, 11) is 0. The molecular formula is C17H16N6O3S. The van der Waals surface area contributed by atoms with Crippen LogP contribution in [-0.4, -0.2) is 36.8 Å². The summed E-state index contributed by atoms with van der Waals surface area (Å²) in [6.45, 7) is 1.98. The van der Waals surface area contributed by atoms with Crippen molar-refractivity contribution in [2.75, 3.05) is 11.1 Å². The summed E-state index contributed by atoms with van der Waals surface area (Å²) < 4.78 is 1.61. The van der Waals surface area contributed by atoms with Crippen molar-refractivity contribution < 1.29 is 9.72 Å². The largest absolute Gasteiger partial charge is 0.320 e. The maximum Gasteiger partial charge on any atom is 0.292 e. The van der Waals surface area contributed by atoms with Crippen LogP contribution in [0.15, 0.2) is 53.7 Å². The Labute approximate surface area is 158 Å². The molecule has 1 N–H and O–H groups in total. The lowest BCUT2D eigenvalue weighted by atomic mass is 10.2. The number of amides is 1. The van der Waals surface area contributed by atoms with Crippen LogP contribution in [0.2, 0.25) is 0 Å². The van der Waals surface area contributed by atoms with Gasteiger partial charge >= 0.3 is 0 Å². The van der Waals surface area contributed by atoms with Crippen LogP contribution in [0.1, 0.15) is 12.0 Å². The number of nitrogens with one attached hydrogen (secondary N) is 1. The standard InChI is InChI=1S/C17H16N6O3S/c1-12-5-4-6-13(11-12)22-17(19-20-21-22)27-10-9-16(24)18-14-7-2-3-8-15(14)23(25)26/h2-8,11H,9-10H2,1H3,(H,18,24). The highest BCUT2D eigenvalue weighted by molar-refractivity contribution is 7.99. The summed E-state index contributed by atoms with van der Waals surface area (Å²) in [4.78, 5) is 22.6. The molecule has 0 fully saturated rings. The minimum Gasteiger partial charge on any atom is -0.320 e. The van der Waals surface area contributed by atoms with Gasteiger partial charge in [-0.3, -0.25) is 14.9 Å². The van der Waals surface area contributed by atoms with Crippen molar-refractivity contribution in [3.63, 3.8) is 0 Å². The smallest absolute Gasteiger partial charge is 0.292 e. The van der Waals surface area contributed by atoms with Gasteiger partial charge < -0.3 is 5.32 Å². The van der Waals surface area contributed by atoms with E-state index in [9.17, 15) is 14.9 Å². The molecule has 0 unspecified atom stereocenters. The number of para-hydroxylation sites is 2. The number of hydrogen-bond donors (Lipinski definition) is 1. The second-order valence-electron chi connectivity index (χ2n) is 5.63. The molecule has 1 heterocycles. The van der Waals surface area contributed by atoms with E-state index in [0.29, 0.717) is 10.9 Å². The number of nitro benzene ring substituents is 1. The molecule has 2 aromatic carbocycles. The van der Waals surface area contributed by atoms with Gasteiger partial charge in [-0.25, -0.2) is 0 Å². The van der Waals surface area contributed by atoms with Crippen molar-refractivity contribution in [2.24, 2.45) is 0 Å². The van der Waals surface area contributed by atoms with Gasteiger partial charge in [0.15, 0.2) is 0 Å². The first-order valence-corrected chi connectivity index (χ1v) is 9.04. The van der Waals surface area contributed by atoms with Gasteiger partial charge in [0.2, 0.25) is 11.1 Å². The molecule has 10 heteroatoms. The van der Waals surface area contributed by atoms with Crippen LogP contribution in [0.4, 0.5) is 11.4 Å². The lowest BCUT2D eigenvalue weighted by molar-refractivity contribution is -0.383. The third-order valence-electron chi connectivity index (χ3n) is 3.62. The minimum atomic E-state index is -0.527. The lowest BCUT2D eigenvalue weighted by Gasteiger charge is -2.06. The zero-order valence-electron chi connectivity index (χ0n) is 14.4. The Morgan fingerprint density at radius 2 is 2.07 bits per heavy atom. The molecule has 0 atom stereocenters. The molecule has 3 rings (SSSR count). The number of aromatic nitrogens is 4. The molecule has 0 aliphatic rings. The molecule has 0 spiro atoms. The molecule has 3 aromatic rings. The van der Waals surface area contributed by atoms with E-state index in [2.05, 4.69) is 20.8 Å². The predicted molar refractivity (Wildman–Crippen MR) is 101 cm³/mol. The van der Waals surface area contributed by atoms with E-state index >= 15 is 0 Å². The summed E-state index contributed by atoms with van der Waals surface area (Å²) in [5, 5.41) is 25.8. The van der Waals surface area contributed by atoms with Crippen molar-refractivity contribution in [3.05, 3.63) is 64.2 Å². The SMILES string of the molecule is Cc1cccc(-n2nnnc2SCCC(=O)Nc2ccccc2[N+](=O)[O-])c1. The fourth-order valence-corrected chi connectivity index (χ4v) is 3.21. The number of rotatable bonds is 7. The van der Waals surface area contributed by atoms with Crippen molar-refractivity contribution in [3.8, 4) is 5.69 Å². The normalized spacial score (nSPS) is 10.6. The van der Waals surface area contributed by atoms with E-state index in [1.54, 1.807) is 16.8 Å². The van der Waals surface area contributed by atoms with Crippen molar-refractivity contribution in [2.45, 2.75) is 18.5 Å². The molecule has 0 bridgehead atoms. The summed E-state index contributed by atoms with van der Waals surface area (Å²) in [6, 6.07) is 13.8. The highest BCUT2D eigenvalue weighted by Gasteiger charge is 2.15. The maximum absolute atomic E-state index is 12.1. The van der Waals surface area contributed by atoms with E-state index in [4.69, 9.17) is 0 Å². The number of nitrogens with zero attached hydrogens (tertiary/aromatic N) is 5. The molecule has 0 aliphatic heterocycles. The Hall–Kier alpha value is -3.27. The Morgan fingerprint density at radius 1 is 1.26 bits per heavy atom. The number of hydrogen-bond acceptors (Lipinski definition) is 7. The zero-order valence-corrected chi connectivity index (χ0v) is 15.2. The number of anilines is 1. The van der Waals surface area contributed by atoms with Crippen LogP contribution >= 0.6 is 11.8 Å². The highest BCUT2D eigenvalue weighted by Crippen LogP contribution is 2.24. The number of carbonyl (C=O) groups excluding carboxylic acids is 1. The number of thioether (sulfide) groups is 1. The van der Waals surface area contributed by atoms with E-state index < -0.39 is 4.92 Å². The summed E-state index contributed by atoms with van der Waals surface area (Å²) in [6.07, 6.45) is 0.164. The van der Waals surface area contributed by atoms with Crippen LogP contribution in [0, 0.1) is 17.0 Å². The molecule has 138 valence electrons. The van der Waals surface area contributed by atoms with Gasteiger partial charge in [-0.15, -0.1) is 5.10 Å². The predicted octanol–water partition coefficient (Wildman–Crippen LogP) is 3.00. The van der Waals surface area contributed by atoms with Crippen molar-refractivity contribution in [1.82, 2.24) is 20.2 Å². The second-order valence-corrected chi connectivity index (χ2v) is 6.70. The summed E-state index contributed by atoms with van der Waals surface area (Å²) in [5.41, 5.74) is 1.97. The Balaban J connectivity index is 1.59. The third-order valence-corrected chi connectivity index (χ3v) is 4.54. The van der Waals surface area contributed by atoms with Gasteiger partial charge in [0.05, 0.1) is 10.6 Å². The third kappa shape index (κ3) is 4.67. The first-order chi connectivity index (χ1) is 13.0. The van der Waals surface area contributed by atoms with Gasteiger partial charge in [0.25, 0.3) is 5.69 Å². The monoisotopic (exact) mass is 384 g/mol. The Morgan fingerprint density at radius 3 is 2.85 bits per heavy atom. The topological polar surface area (TPSA) is 116 Å².